The largest absolute Gasteiger partial charge is 0.478 e. The van der Waals surface area contributed by atoms with E-state index in [9.17, 15) is 13.2 Å². The standard InChI is InChI=1S/C14H19NO4S/c1-10-4-3-5-11(2)15(10)20(18,19)13-8-6-12(7-9-13)14(16)17/h6-11H,3-5H2,1-2H3,(H,16,17)/t10-,11-/m0/s1. The van der Waals surface area contributed by atoms with Crippen LogP contribution in [0.15, 0.2) is 29.2 Å². The predicted molar refractivity (Wildman–Crippen MR) is 75.2 cm³/mol. The highest BCUT2D eigenvalue weighted by Gasteiger charge is 2.35. The fraction of sp³-hybridized carbons (Fsp3) is 0.500. The van der Waals surface area contributed by atoms with Gasteiger partial charge in [0.2, 0.25) is 10.0 Å². The van der Waals surface area contributed by atoms with Gasteiger partial charge in [0.05, 0.1) is 10.5 Å². The predicted octanol–water partition coefficient (Wildman–Crippen LogP) is 2.34. The van der Waals surface area contributed by atoms with Crippen molar-refractivity contribution in [2.24, 2.45) is 0 Å². The molecule has 1 aliphatic heterocycles. The molecule has 110 valence electrons. The molecule has 2 rings (SSSR count). The van der Waals surface area contributed by atoms with Gasteiger partial charge in [-0.05, 0) is 51.0 Å². The Morgan fingerprint density at radius 3 is 2.10 bits per heavy atom. The molecule has 1 saturated heterocycles. The Morgan fingerprint density at radius 2 is 1.65 bits per heavy atom. The number of carboxylic acids is 1. The number of sulfonamides is 1. The lowest BCUT2D eigenvalue weighted by Gasteiger charge is -2.37. The minimum atomic E-state index is -3.56. The van der Waals surface area contributed by atoms with Gasteiger partial charge in [0.15, 0.2) is 0 Å². The fourth-order valence-corrected chi connectivity index (χ4v) is 4.64. The molecule has 0 unspecified atom stereocenters. The molecule has 1 aromatic carbocycles. The van der Waals surface area contributed by atoms with Crippen LogP contribution in [0.2, 0.25) is 0 Å². The van der Waals surface area contributed by atoms with Gasteiger partial charge in [-0.1, -0.05) is 6.42 Å². The molecule has 20 heavy (non-hydrogen) atoms. The van der Waals surface area contributed by atoms with E-state index in [0.29, 0.717) is 0 Å². The van der Waals surface area contributed by atoms with E-state index >= 15 is 0 Å². The molecule has 0 amide bonds. The minimum Gasteiger partial charge on any atom is -0.478 e. The van der Waals surface area contributed by atoms with Crippen LogP contribution in [0.1, 0.15) is 43.5 Å². The summed E-state index contributed by atoms with van der Waals surface area (Å²) in [5.74, 6) is -1.06. The molecule has 0 saturated carbocycles. The van der Waals surface area contributed by atoms with Gasteiger partial charge in [0.25, 0.3) is 0 Å². The zero-order chi connectivity index (χ0) is 14.9. The van der Waals surface area contributed by atoms with Gasteiger partial charge in [-0.3, -0.25) is 0 Å². The molecule has 1 aliphatic rings. The number of rotatable bonds is 3. The summed E-state index contributed by atoms with van der Waals surface area (Å²) in [4.78, 5) is 11.0. The molecule has 1 aromatic rings. The topological polar surface area (TPSA) is 74.7 Å². The van der Waals surface area contributed by atoms with Crippen molar-refractivity contribution in [3.05, 3.63) is 29.8 Å². The first-order chi connectivity index (χ1) is 9.34. The number of benzene rings is 1. The third-order valence-electron chi connectivity index (χ3n) is 3.79. The number of piperidine rings is 1. The minimum absolute atomic E-state index is 0.0251. The SMILES string of the molecule is C[C@H]1CCC[C@H](C)N1S(=O)(=O)c1ccc(C(=O)O)cc1. The van der Waals surface area contributed by atoms with Crippen LogP contribution < -0.4 is 0 Å². The Kier molecular flexibility index (Phi) is 4.15. The highest BCUT2D eigenvalue weighted by Crippen LogP contribution is 2.29. The van der Waals surface area contributed by atoms with Crippen LogP contribution in [0.3, 0.4) is 0 Å². The molecule has 0 radical (unpaired) electrons. The van der Waals surface area contributed by atoms with E-state index in [4.69, 9.17) is 5.11 Å². The molecule has 1 heterocycles. The third kappa shape index (κ3) is 2.71. The molecular formula is C14H19NO4S. The van der Waals surface area contributed by atoms with Crippen molar-refractivity contribution in [2.45, 2.75) is 50.1 Å². The van der Waals surface area contributed by atoms with E-state index in [-0.39, 0.29) is 22.5 Å². The number of nitrogens with zero attached hydrogens (tertiary/aromatic N) is 1. The Labute approximate surface area is 119 Å². The van der Waals surface area contributed by atoms with Crippen molar-refractivity contribution in [1.29, 1.82) is 0 Å². The molecule has 1 N–H and O–H groups in total. The van der Waals surface area contributed by atoms with Gasteiger partial charge >= 0.3 is 5.97 Å². The Balaban J connectivity index is 2.36. The van der Waals surface area contributed by atoms with Crippen LogP contribution in [0.25, 0.3) is 0 Å². The molecule has 0 bridgehead atoms. The van der Waals surface area contributed by atoms with Crippen molar-refractivity contribution >= 4 is 16.0 Å². The first kappa shape index (κ1) is 15.0. The summed E-state index contributed by atoms with van der Waals surface area (Å²) in [6, 6.07) is 5.34. The van der Waals surface area contributed by atoms with Crippen LogP contribution in [0.4, 0.5) is 0 Å². The number of aromatic carboxylic acids is 1. The van der Waals surface area contributed by atoms with E-state index in [1.807, 2.05) is 13.8 Å². The van der Waals surface area contributed by atoms with Gasteiger partial charge in [0.1, 0.15) is 0 Å². The summed E-state index contributed by atoms with van der Waals surface area (Å²) in [6.07, 6.45) is 2.75. The van der Waals surface area contributed by atoms with Crippen LogP contribution in [-0.2, 0) is 10.0 Å². The molecule has 1 fully saturated rings. The summed E-state index contributed by atoms with van der Waals surface area (Å²) >= 11 is 0. The maximum absolute atomic E-state index is 12.7. The Morgan fingerprint density at radius 1 is 1.15 bits per heavy atom. The first-order valence-corrected chi connectivity index (χ1v) is 8.15. The van der Waals surface area contributed by atoms with Gasteiger partial charge in [0, 0.05) is 12.1 Å². The number of carbonyl (C=O) groups is 1. The molecule has 5 nitrogen and oxygen atoms in total. The van der Waals surface area contributed by atoms with Crippen LogP contribution in [-0.4, -0.2) is 35.9 Å². The lowest BCUT2D eigenvalue weighted by molar-refractivity contribution is 0.0696. The highest BCUT2D eigenvalue weighted by atomic mass is 32.2. The van der Waals surface area contributed by atoms with E-state index in [0.717, 1.165) is 19.3 Å². The van der Waals surface area contributed by atoms with Gasteiger partial charge in [-0.25, -0.2) is 13.2 Å². The summed E-state index contributed by atoms with van der Waals surface area (Å²) in [6.45, 7) is 3.83. The maximum Gasteiger partial charge on any atom is 0.335 e. The lowest BCUT2D eigenvalue weighted by Crippen LogP contribution is -2.47. The van der Waals surface area contributed by atoms with E-state index in [2.05, 4.69) is 0 Å². The number of carboxylic acid groups (broad SMARTS) is 1. The summed E-state index contributed by atoms with van der Waals surface area (Å²) in [5.41, 5.74) is 0.0868. The maximum atomic E-state index is 12.7. The quantitative estimate of drug-likeness (QED) is 0.929. The molecule has 0 aromatic heterocycles. The smallest absolute Gasteiger partial charge is 0.335 e. The van der Waals surface area contributed by atoms with Crippen molar-refractivity contribution < 1.29 is 18.3 Å². The highest BCUT2D eigenvalue weighted by molar-refractivity contribution is 7.89. The van der Waals surface area contributed by atoms with Gasteiger partial charge in [-0.15, -0.1) is 0 Å². The molecule has 6 heteroatoms. The van der Waals surface area contributed by atoms with Crippen LogP contribution in [0, 0.1) is 0 Å². The van der Waals surface area contributed by atoms with E-state index < -0.39 is 16.0 Å². The fourth-order valence-electron chi connectivity index (χ4n) is 2.76. The van der Waals surface area contributed by atoms with Crippen LogP contribution in [0.5, 0.6) is 0 Å². The first-order valence-electron chi connectivity index (χ1n) is 6.71. The molecule has 2 atom stereocenters. The Hall–Kier alpha value is -1.40. The van der Waals surface area contributed by atoms with E-state index in [1.54, 1.807) is 4.31 Å². The molecule has 0 spiro atoms. The zero-order valence-corrected chi connectivity index (χ0v) is 12.4. The third-order valence-corrected chi connectivity index (χ3v) is 5.93. The van der Waals surface area contributed by atoms with Crippen molar-refractivity contribution in [3.63, 3.8) is 0 Å². The van der Waals surface area contributed by atoms with Gasteiger partial charge in [-0.2, -0.15) is 4.31 Å². The van der Waals surface area contributed by atoms with Gasteiger partial charge < -0.3 is 5.11 Å². The van der Waals surface area contributed by atoms with Crippen molar-refractivity contribution in [1.82, 2.24) is 4.31 Å². The monoisotopic (exact) mass is 297 g/mol. The van der Waals surface area contributed by atoms with E-state index in [1.165, 1.54) is 24.3 Å². The van der Waals surface area contributed by atoms with Crippen molar-refractivity contribution in [3.8, 4) is 0 Å². The lowest BCUT2D eigenvalue weighted by atomic mass is 10.0. The van der Waals surface area contributed by atoms with Crippen LogP contribution >= 0.6 is 0 Å². The Bertz CT molecular complexity index is 584. The summed E-state index contributed by atoms with van der Waals surface area (Å²) in [7, 11) is -3.56. The molecule has 0 aliphatic carbocycles. The average molecular weight is 297 g/mol. The summed E-state index contributed by atoms with van der Waals surface area (Å²) < 4.78 is 26.9. The second kappa shape index (κ2) is 5.54. The number of hydrogen-bond acceptors (Lipinski definition) is 3. The second-order valence-corrected chi connectivity index (χ2v) is 7.14. The van der Waals surface area contributed by atoms with Crippen molar-refractivity contribution in [2.75, 3.05) is 0 Å². The zero-order valence-electron chi connectivity index (χ0n) is 11.6. The number of hydrogen-bond donors (Lipinski definition) is 1. The average Bonchev–Trinajstić information content (AvgIpc) is 2.38. The molecular weight excluding hydrogens is 278 g/mol. The second-order valence-electron chi connectivity index (χ2n) is 5.29. The normalized spacial score (nSPS) is 24.5. The summed E-state index contributed by atoms with van der Waals surface area (Å²) in [5, 5.41) is 8.85.